The molecule has 1 N–H and O–H groups in total. The van der Waals surface area contributed by atoms with Crippen LogP contribution < -0.4 is 4.90 Å². The van der Waals surface area contributed by atoms with Gasteiger partial charge in [0.15, 0.2) is 5.13 Å². The lowest BCUT2D eigenvalue weighted by molar-refractivity contribution is -0.138. The van der Waals surface area contributed by atoms with Crippen LogP contribution in [0.2, 0.25) is 0 Å². The molecular formula is C13H19N3O2S. The molecule has 0 atom stereocenters. The van der Waals surface area contributed by atoms with Gasteiger partial charge in [-0.3, -0.25) is 9.69 Å². The minimum Gasteiger partial charge on any atom is -0.480 e. The van der Waals surface area contributed by atoms with Crippen LogP contribution in [0.25, 0.3) is 0 Å². The van der Waals surface area contributed by atoms with E-state index in [1.54, 1.807) is 0 Å². The van der Waals surface area contributed by atoms with Crippen LogP contribution in [0.3, 0.4) is 0 Å². The molecule has 1 fully saturated rings. The van der Waals surface area contributed by atoms with E-state index in [2.05, 4.69) is 4.90 Å². The van der Waals surface area contributed by atoms with Gasteiger partial charge in [-0.1, -0.05) is 0 Å². The highest BCUT2D eigenvalue weighted by Crippen LogP contribution is 2.32. The summed E-state index contributed by atoms with van der Waals surface area (Å²) in [5, 5.41) is 9.93. The molecule has 0 radical (unpaired) electrons. The van der Waals surface area contributed by atoms with Crippen molar-refractivity contribution in [3.8, 4) is 0 Å². The maximum atomic E-state index is 10.7. The Morgan fingerprint density at radius 1 is 1.21 bits per heavy atom. The van der Waals surface area contributed by atoms with Crippen LogP contribution >= 0.6 is 11.3 Å². The van der Waals surface area contributed by atoms with E-state index in [4.69, 9.17) is 10.1 Å². The van der Waals surface area contributed by atoms with Gasteiger partial charge >= 0.3 is 5.97 Å². The summed E-state index contributed by atoms with van der Waals surface area (Å²) in [6.07, 6.45) is 4.88. The molecule has 1 aliphatic heterocycles. The van der Waals surface area contributed by atoms with Crippen LogP contribution in [0.1, 0.15) is 23.4 Å². The Labute approximate surface area is 116 Å². The molecule has 0 spiro atoms. The van der Waals surface area contributed by atoms with Crippen molar-refractivity contribution in [2.75, 3.05) is 37.6 Å². The van der Waals surface area contributed by atoms with E-state index in [1.165, 1.54) is 29.8 Å². The van der Waals surface area contributed by atoms with E-state index >= 15 is 0 Å². The number of rotatable bonds is 3. The number of piperazine rings is 1. The van der Waals surface area contributed by atoms with Crippen LogP contribution in [0.15, 0.2) is 0 Å². The fourth-order valence-electron chi connectivity index (χ4n) is 2.76. The Hall–Kier alpha value is -1.14. The zero-order valence-electron chi connectivity index (χ0n) is 11.0. The van der Waals surface area contributed by atoms with Crippen molar-refractivity contribution in [2.24, 2.45) is 0 Å². The van der Waals surface area contributed by atoms with Crippen molar-refractivity contribution in [3.05, 3.63) is 10.6 Å². The van der Waals surface area contributed by atoms with Gasteiger partial charge in [-0.15, -0.1) is 11.3 Å². The van der Waals surface area contributed by atoms with Gasteiger partial charge < -0.3 is 10.0 Å². The maximum Gasteiger partial charge on any atom is 0.317 e. The first-order valence-corrected chi connectivity index (χ1v) is 7.72. The van der Waals surface area contributed by atoms with Crippen molar-refractivity contribution in [2.45, 2.75) is 25.7 Å². The third-order valence-corrected chi connectivity index (χ3v) is 5.05. The van der Waals surface area contributed by atoms with E-state index in [0.29, 0.717) is 0 Å². The maximum absolute atomic E-state index is 10.7. The molecule has 19 heavy (non-hydrogen) atoms. The van der Waals surface area contributed by atoms with Crippen LogP contribution in [-0.2, 0) is 17.6 Å². The van der Waals surface area contributed by atoms with Gasteiger partial charge in [0.1, 0.15) is 0 Å². The van der Waals surface area contributed by atoms with Crippen molar-refractivity contribution in [1.82, 2.24) is 9.88 Å². The fourth-order valence-corrected chi connectivity index (χ4v) is 3.96. The Morgan fingerprint density at radius 3 is 2.63 bits per heavy atom. The predicted molar refractivity (Wildman–Crippen MR) is 75.0 cm³/mol. The molecule has 104 valence electrons. The Kier molecular flexibility index (Phi) is 3.70. The van der Waals surface area contributed by atoms with Gasteiger partial charge in [-0.05, 0) is 25.7 Å². The molecule has 2 heterocycles. The van der Waals surface area contributed by atoms with Gasteiger partial charge in [0.2, 0.25) is 0 Å². The van der Waals surface area contributed by atoms with Gasteiger partial charge in [0, 0.05) is 31.1 Å². The fraction of sp³-hybridized carbons (Fsp3) is 0.692. The average molecular weight is 281 g/mol. The lowest BCUT2D eigenvalue weighted by Gasteiger charge is -2.33. The summed E-state index contributed by atoms with van der Waals surface area (Å²) in [4.78, 5) is 21.2. The molecule has 0 aromatic carbocycles. The topological polar surface area (TPSA) is 56.7 Å². The smallest absolute Gasteiger partial charge is 0.317 e. The molecule has 1 aliphatic carbocycles. The number of thiazole rings is 1. The number of carboxylic acid groups (broad SMARTS) is 1. The van der Waals surface area contributed by atoms with Gasteiger partial charge in [-0.2, -0.15) is 0 Å². The SMILES string of the molecule is O=C(O)CN1CCN(c2nc3c(s2)CCCC3)CC1. The first kappa shape index (κ1) is 12.9. The summed E-state index contributed by atoms with van der Waals surface area (Å²) in [5.74, 6) is -0.738. The minimum absolute atomic E-state index is 0.155. The highest BCUT2D eigenvalue weighted by atomic mass is 32.1. The molecule has 3 rings (SSSR count). The van der Waals surface area contributed by atoms with Crippen molar-refractivity contribution >= 4 is 22.4 Å². The largest absolute Gasteiger partial charge is 0.480 e. The molecule has 1 saturated heterocycles. The number of carbonyl (C=O) groups is 1. The van der Waals surface area contributed by atoms with E-state index < -0.39 is 5.97 Å². The summed E-state index contributed by atoms with van der Waals surface area (Å²) >= 11 is 1.84. The van der Waals surface area contributed by atoms with Gasteiger partial charge in [-0.25, -0.2) is 4.98 Å². The van der Waals surface area contributed by atoms with Crippen LogP contribution in [0, 0.1) is 0 Å². The van der Waals surface area contributed by atoms with Gasteiger partial charge in [0.05, 0.1) is 12.2 Å². The number of aromatic nitrogens is 1. The van der Waals surface area contributed by atoms with Crippen molar-refractivity contribution in [1.29, 1.82) is 0 Å². The van der Waals surface area contributed by atoms with Crippen LogP contribution in [0.4, 0.5) is 5.13 Å². The number of hydrogen-bond donors (Lipinski definition) is 1. The molecule has 0 unspecified atom stereocenters. The van der Waals surface area contributed by atoms with E-state index in [-0.39, 0.29) is 6.54 Å². The van der Waals surface area contributed by atoms with E-state index in [9.17, 15) is 4.79 Å². The zero-order chi connectivity index (χ0) is 13.2. The number of aliphatic carboxylic acids is 1. The summed E-state index contributed by atoms with van der Waals surface area (Å²) in [7, 11) is 0. The molecular weight excluding hydrogens is 262 g/mol. The normalized spacial score (nSPS) is 20.3. The van der Waals surface area contributed by atoms with Gasteiger partial charge in [0.25, 0.3) is 0 Å². The van der Waals surface area contributed by atoms with E-state index in [1.807, 2.05) is 16.2 Å². The summed E-state index contributed by atoms with van der Waals surface area (Å²) in [6, 6.07) is 0. The molecule has 1 aromatic heterocycles. The zero-order valence-corrected chi connectivity index (χ0v) is 11.8. The first-order valence-electron chi connectivity index (χ1n) is 6.90. The molecule has 0 saturated carbocycles. The highest BCUT2D eigenvalue weighted by molar-refractivity contribution is 7.15. The molecule has 6 heteroatoms. The average Bonchev–Trinajstić information content (AvgIpc) is 2.82. The molecule has 0 bridgehead atoms. The van der Waals surface area contributed by atoms with Crippen molar-refractivity contribution < 1.29 is 9.90 Å². The van der Waals surface area contributed by atoms with Crippen molar-refractivity contribution in [3.63, 3.8) is 0 Å². The molecule has 1 aromatic rings. The third kappa shape index (κ3) is 2.90. The Bertz CT molecular complexity index is 443. The summed E-state index contributed by atoms with van der Waals surface area (Å²) in [5.41, 5.74) is 1.30. The summed E-state index contributed by atoms with van der Waals surface area (Å²) < 4.78 is 0. The van der Waals surface area contributed by atoms with Crippen LogP contribution in [0.5, 0.6) is 0 Å². The highest BCUT2D eigenvalue weighted by Gasteiger charge is 2.23. The standard InChI is InChI=1S/C13H19N3O2S/c17-12(18)9-15-5-7-16(8-6-15)13-14-10-3-1-2-4-11(10)19-13/h1-9H2,(H,17,18). The number of anilines is 1. The lowest BCUT2D eigenvalue weighted by Crippen LogP contribution is -2.47. The van der Waals surface area contributed by atoms with E-state index in [0.717, 1.165) is 37.7 Å². The second-order valence-electron chi connectivity index (χ2n) is 5.23. The third-order valence-electron chi connectivity index (χ3n) is 3.84. The lowest BCUT2D eigenvalue weighted by atomic mass is 10.0. The summed E-state index contributed by atoms with van der Waals surface area (Å²) in [6.45, 7) is 3.56. The Morgan fingerprint density at radius 2 is 1.95 bits per heavy atom. The number of carboxylic acids is 1. The number of nitrogens with zero attached hydrogens (tertiary/aromatic N) is 3. The van der Waals surface area contributed by atoms with Crippen LogP contribution in [-0.4, -0.2) is 53.7 Å². The second-order valence-corrected chi connectivity index (χ2v) is 6.29. The second kappa shape index (κ2) is 5.46. The molecule has 0 amide bonds. The quantitative estimate of drug-likeness (QED) is 0.903. The molecule has 2 aliphatic rings. The number of fused-ring (bicyclic) bond motifs is 1. The minimum atomic E-state index is -0.738. The number of hydrogen-bond acceptors (Lipinski definition) is 5. The predicted octanol–water partition coefficient (Wildman–Crippen LogP) is 1.23. The monoisotopic (exact) mass is 281 g/mol. The number of aryl methyl sites for hydroxylation is 2. The first-order chi connectivity index (χ1) is 9.22. The molecule has 5 nitrogen and oxygen atoms in total. The Balaban J connectivity index is 1.62.